The summed E-state index contributed by atoms with van der Waals surface area (Å²) >= 11 is 1.90. The van der Waals surface area contributed by atoms with Crippen molar-refractivity contribution in [1.82, 2.24) is 10.6 Å². The smallest absolute Gasteiger partial charge is 0.00553 e. The summed E-state index contributed by atoms with van der Waals surface area (Å²) in [6.07, 6.45) is 3.38. The topological polar surface area (TPSA) is 24.1 Å². The first-order valence-electron chi connectivity index (χ1n) is 5.17. The van der Waals surface area contributed by atoms with Crippen LogP contribution in [0, 0.1) is 5.92 Å². The van der Waals surface area contributed by atoms with Gasteiger partial charge in [-0.05, 0) is 38.2 Å². The Morgan fingerprint density at radius 2 is 1.77 bits per heavy atom. The van der Waals surface area contributed by atoms with E-state index >= 15 is 0 Å². The molecule has 80 valence electrons. The molecule has 0 saturated carbocycles. The van der Waals surface area contributed by atoms with Crippen LogP contribution in [0.25, 0.3) is 0 Å². The van der Waals surface area contributed by atoms with E-state index in [1.165, 1.54) is 12.2 Å². The molecular weight excluding hydrogens is 180 g/mol. The predicted molar refractivity (Wildman–Crippen MR) is 63.6 cm³/mol. The fourth-order valence-electron chi connectivity index (χ4n) is 1.03. The summed E-state index contributed by atoms with van der Waals surface area (Å²) in [5.74, 6) is 1.99. The molecule has 0 aliphatic carbocycles. The van der Waals surface area contributed by atoms with E-state index < -0.39 is 0 Å². The van der Waals surface area contributed by atoms with Crippen molar-refractivity contribution in [2.24, 2.45) is 5.92 Å². The van der Waals surface area contributed by atoms with Gasteiger partial charge in [0.2, 0.25) is 0 Å². The van der Waals surface area contributed by atoms with Crippen molar-refractivity contribution >= 4 is 11.8 Å². The lowest BCUT2D eigenvalue weighted by molar-refractivity contribution is 0.533. The number of nitrogens with one attached hydrogen (secondary N) is 2. The molecule has 0 heterocycles. The maximum atomic E-state index is 3.43. The molecule has 0 fully saturated rings. The second-order valence-electron chi connectivity index (χ2n) is 3.69. The van der Waals surface area contributed by atoms with Crippen molar-refractivity contribution in [2.45, 2.75) is 20.3 Å². The maximum Gasteiger partial charge on any atom is 0.00553 e. The SMILES string of the molecule is CSCCNCCCNCC(C)C. The zero-order chi connectivity index (χ0) is 9.94. The summed E-state index contributed by atoms with van der Waals surface area (Å²) in [7, 11) is 0. The minimum Gasteiger partial charge on any atom is -0.316 e. The Morgan fingerprint density at radius 3 is 2.38 bits per heavy atom. The lowest BCUT2D eigenvalue weighted by Gasteiger charge is -2.07. The van der Waals surface area contributed by atoms with Crippen LogP contribution in [0.15, 0.2) is 0 Å². The molecule has 0 amide bonds. The fraction of sp³-hybridized carbons (Fsp3) is 1.00. The molecule has 0 bridgehead atoms. The third-order valence-corrected chi connectivity index (χ3v) is 2.36. The Labute approximate surface area is 87.2 Å². The van der Waals surface area contributed by atoms with Crippen LogP contribution in [0.2, 0.25) is 0 Å². The van der Waals surface area contributed by atoms with Crippen molar-refractivity contribution < 1.29 is 0 Å². The molecule has 0 atom stereocenters. The molecule has 0 saturated heterocycles. The number of hydrogen-bond acceptors (Lipinski definition) is 3. The molecule has 0 unspecified atom stereocenters. The summed E-state index contributed by atoms with van der Waals surface area (Å²) in [6.45, 7) is 9.06. The van der Waals surface area contributed by atoms with Crippen LogP contribution in [0.3, 0.4) is 0 Å². The van der Waals surface area contributed by atoms with Gasteiger partial charge in [0.15, 0.2) is 0 Å². The van der Waals surface area contributed by atoms with Gasteiger partial charge >= 0.3 is 0 Å². The Hall–Kier alpha value is 0.270. The van der Waals surface area contributed by atoms with Crippen LogP contribution in [-0.4, -0.2) is 38.2 Å². The Morgan fingerprint density at radius 1 is 1.08 bits per heavy atom. The number of hydrogen-bond donors (Lipinski definition) is 2. The first kappa shape index (κ1) is 13.3. The lowest BCUT2D eigenvalue weighted by atomic mass is 10.2. The van der Waals surface area contributed by atoms with E-state index in [1.807, 2.05) is 11.8 Å². The Balaban J connectivity index is 2.84. The molecule has 0 aliphatic heterocycles. The highest BCUT2D eigenvalue weighted by molar-refractivity contribution is 7.98. The van der Waals surface area contributed by atoms with Gasteiger partial charge in [0.05, 0.1) is 0 Å². The van der Waals surface area contributed by atoms with E-state index in [0.717, 1.165) is 32.1 Å². The lowest BCUT2D eigenvalue weighted by Crippen LogP contribution is -2.25. The average molecular weight is 204 g/mol. The number of thioether (sulfide) groups is 1. The van der Waals surface area contributed by atoms with Crippen LogP contribution in [0.5, 0.6) is 0 Å². The van der Waals surface area contributed by atoms with E-state index in [1.54, 1.807) is 0 Å². The van der Waals surface area contributed by atoms with Crippen LogP contribution >= 0.6 is 11.8 Å². The third-order valence-electron chi connectivity index (χ3n) is 1.74. The van der Waals surface area contributed by atoms with Gasteiger partial charge in [-0.1, -0.05) is 13.8 Å². The highest BCUT2D eigenvalue weighted by atomic mass is 32.2. The summed E-state index contributed by atoms with van der Waals surface area (Å²) in [5, 5.41) is 6.84. The average Bonchev–Trinajstić information content (AvgIpc) is 2.09. The third kappa shape index (κ3) is 12.3. The van der Waals surface area contributed by atoms with Crippen LogP contribution in [-0.2, 0) is 0 Å². The Kier molecular flexibility index (Phi) is 10.6. The molecule has 0 spiro atoms. The minimum absolute atomic E-state index is 0.768. The maximum absolute atomic E-state index is 3.43. The van der Waals surface area contributed by atoms with E-state index in [4.69, 9.17) is 0 Å². The first-order valence-corrected chi connectivity index (χ1v) is 6.57. The molecule has 0 aromatic heterocycles. The molecule has 0 rings (SSSR count). The highest BCUT2D eigenvalue weighted by Gasteiger charge is 1.92. The van der Waals surface area contributed by atoms with Crippen molar-refractivity contribution in [3.63, 3.8) is 0 Å². The van der Waals surface area contributed by atoms with Crippen molar-refractivity contribution in [2.75, 3.05) is 38.2 Å². The van der Waals surface area contributed by atoms with Crippen LogP contribution in [0.4, 0.5) is 0 Å². The normalized spacial score (nSPS) is 11.1. The van der Waals surface area contributed by atoms with Crippen molar-refractivity contribution in [3.8, 4) is 0 Å². The van der Waals surface area contributed by atoms with E-state index in [9.17, 15) is 0 Å². The zero-order valence-electron chi connectivity index (χ0n) is 9.23. The van der Waals surface area contributed by atoms with Gasteiger partial charge < -0.3 is 10.6 Å². The molecule has 2 N–H and O–H groups in total. The van der Waals surface area contributed by atoms with Gasteiger partial charge in [0.25, 0.3) is 0 Å². The second-order valence-corrected chi connectivity index (χ2v) is 4.68. The molecule has 2 nitrogen and oxygen atoms in total. The van der Waals surface area contributed by atoms with Crippen LogP contribution in [0.1, 0.15) is 20.3 Å². The van der Waals surface area contributed by atoms with Gasteiger partial charge in [-0.15, -0.1) is 0 Å². The standard InChI is InChI=1S/C10H24N2S/c1-10(2)9-12-6-4-5-11-7-8-13-3/h10-12H,4-9H2,1-3H3. The fourth-order valence-corrected chi connectivity index (χ4v) is 1.38. The first-order chi connectivity index (χ1) is 6.27. The summed E-state index contributed by atoms with van der Waals surface area (Å²) < 4.78 is 0. The molecule has 0 aliphatic rings. The summed E-state index contributed by atoms with van der Waals surface area (Å²) in [6, 6.07) is 0. The highest BCUT2D eigenvalue weighted by Crippen LogP contribution is 1.88. The molecular formula is C10H24N2S. The molecule has 13 heavy (non-hydrogen) atoms. The summed E-state index contributed by atoms with van der Waals surface area (Å²) in [4.78, 5) is 0. The largest absolute Gasteiger partial charge is 0.316 e. The number of rotatable bonds is 9. The van der Waals surface area contributed by atoms with Gasteiger partial charge in [-0.2, -0.15) is 11.8 Å². The van der Waals surface area contributed by atoms with Crippen molar-refractivity contribution in [3.05, 3.63) is 0 Å². The zero-order valence-corrected chi connectivity index (χ0v) is 10.0. The van der Waals surface area contributed by atoms with Gasteiger partial charge in [-0.25, -0.2) is 0 Å². The Bertz CT molecular complexity index is 96.9. The predicted octanol–water partition coefficient (Wildman–Crippen LogP) is 1.57. The molecule has 0 aromatic rings. The van der Waals surface area contributed by atoms with Crippen molar-refractivity contribution in [1.29, 1.82) is 0 Å². The van der Waals surface area contributed by atoms with E-state index in [-0.39, 0.29) is 0 Å². The monoisotopic (exact) mass is 204 g/mol. The van der Waals surface area contributed by atoms with Gasteiger partial charge in [0, 0.05) is 12.3 Å². The van der Waals surface area contributed by atoms with Gasteiger partial charge in [0.1, 0.15) is 0 Å². The quantitative estimate of drug-likeness (QED) is 0.558. The van der Waals surface area contributed by atoms with Gasteiger partial charge in [-0.3, -0.25) is 0 Å². The van der Waals surface area contributed by atoms with E-state index in [2.05, 4.69) is 30.7 Å². The van der Waals surface area contributed by atoms with Crippen LogP contribution < -0.4 is 10.6 Å². The molecule has 0 aromatic carbocycles. The summed E-state index contributed by atoms with van der Waals surface area (Å²) in [5.41, 5.74) is 0. The second kappa shape index (κ2) is 10.4. The molecule has 0 radical (unpaired) electrons. The van der Waals surface area contributed by atoms with E-state index in [0.29, 0.717) is 0 Å². The minimum atomic E-state index is 0.768. The molecule has 3 heteroatoms.